The number of carboxylic acids is 1. The smallest absolute Gasteiger partial charge is 0.307 e. The molecule has 1 amide bonds. The molecule has 1 aliphatic rings. The average molecular weight is 309 g/mol. The molecule has 0 saturated heterocycles. The second kappa shape index (κ2) is 6.65. The molecule has 0 radical (unpaired) electrons. The highest BCUT2D eigenvalue weighted by Crippen LogP contribution is 2.36. The van der Waals surface area contributed by atoms with E-state index in [9.17, 15) is 9.59 Å². The number of anilines is 1. The summed E-state index contributed by atoms with van der Waals surface area (Å²) in [6, 6.07) is 14.7. The molecular weight excluding hydrogens is 290 g/mol. The number of rotatable bonds is 5. The molecule has 1 aliphatic carbocycles. The van der Waals surface area contributed by atoms with Crippen LogP contribution in [0.15, 0.2) is 48.5 Å². The van der Waals surface area contributed by atoms with Crippen molar-refractivity contribution in [1.82, 2.24) is 0 Å². The minimum atomic E-state index is -0.918. The van der Waals surface area contributed by atoms with E-state index in [4.69, 9.17) is 5.11 Å². The highest BCUT2D eigenvalue weighted by molar-refractivity contribution is 6.05. The summed E-state index contributed by atoms with van der Waals surface area (Å²) in [5.41, 5.74) is 2.97. The molecule has 2 aromatic rings. The van der Waals surface area contributed by atoms with E-state index in [0.717, 1.165) is 0 Å². The highest BCUT2D eigenvalue weighted by atomic mass is 16.4. The van der Waals surface area contributed by atoms with Gasteiger partial charge in [0.25, 0.3) is 5.91 Å². The third-order valence-corrected chi connectivity index (χ3v) is 4.33. The quantitative estimate of drug-likeness (QED) is 0.882. The Balaban J connectivity index is 1.78. The summed E-state index contributed by atoms with van der Waals surface area (Å²) in [5, 5.41) is 11.8. The van der Waals surface area contributed by atoms with E-state index in [1.54, 1.807) is 30.3 Å². The van der Waals surface area contributed by atoms with Gasteiger partial charge in [0.1, 0.15) is 0 Å². The van der Waals surface area contributed by atoms with Gasteiger partial charge < -0.3 is 10.4 Å². The summed E-state index contributed by atoms with van der Waals surface area (Å²) in [6.45, 7) is 0. The third kappa shape index (κ3) is 3.59. The second-order valence-electron chi connectivity index (χ2n) is 5.94. The Hall–Kier alpha value is -2.62. The van der Waals surface area contributed by atoms with Gasteiger partial charge in [0.2, 0.25) is 0 Å². The monoisotopic (exact) mass is 309 g/mol. The van der Waals surface area contributed by atoms with Crippen molar-refractivity contribution in [2.24, 2.45) is 0 Å². The van der Waals surface area contributed by atoms with E-state index in [1.165, 1.54) is 24.8 Å². The van der Waals surface area contributed by atoms with Gasteiger partial charge in [-0.2, -0.15) is 0 Å². The highest BCUT2D eigenvalue weighted by Gasteiger charge is 2.20. The zero-order valence-corrected chi connectivity index (χ0v) is 12.8. The molecule has 2 aromatic carbocycles. The largest absolute Gasteiger partial charge is 0.481 e. The van der Waals surface area contributed by atoms with Gasteiger partial charge in [-0.3, -0.25) is 9.59 Å². The number of aliphatic carboxylic acids is 1. The number of benzene rings is 2. The van der Waals surface area contributed by atoms with E-state index in [-0.39, 0.29) is 12.3 Å². The zero-order valence-electron chi connectivity index (χ0n) is 12.8. The van der Waals surface area contributed by atoms with Gasteiger partial charge in [0, 0.05) is 11.3 Å². The van der Waals surface area contributed by atoms with E-state index < -0.39 is 5.97 Å². The molecule has 118 valence electrons. The lowest BCUT2D eigenvalue weighted by Gasteiger charge is -2.26. The maximum Gasteiger partial charge on any atom is 0.307 e. The van der Waals surface area contributed by atoms with Crippen LogP contribution in [0.3, 0.4) is 0 Å². The van der Waals surface area contributed by atoms with Crippen LogP contribution in [0, 0.1) is 0 Å². The minimum Gasteiger partial charge on any atom is -0.481 e. The van der Waals surface area contributed by atoms with Crippen LogP contribution in [0.25, 0.3) is 0 Å². The zero-order chi connectivity index (χ0) is 16.2. The van der Waals surface area contributed by atoms with Crippen molar-refractivity contribution in [1.29, 1.82) is 0 Å². The first-order valence-corrected chi connectivity index (χ1v) is 7.84. The van der Waals surface area contributed by atoms with Crippen molar-refractivity contribution in [2.75, 3.05) is 5.32 Å². The van der Waals surface area contributed by atoms with Crippen molar-refractivity contribution in [3.05, 3.63) is 65.2 Å². The predicted octanol–water partition coefficient (Wildman–Crippen LogP) is 3.83. The molecule has 1 saturated carbocycles. The van der Waals surface area contributed by atoms with Crippen LogP contribution in [0.5, 0.6) is 0 Å². The summed E-state index contributed by atoms with van der Waals surface area (Å²) in [7, 11) is 0. The normalized spacial score (nSPS) is 14.1. The SMILES string of the molecule is O=C(O)Cc1ccccc1NC(=O)c1cccc(C2CCC2)c1. The molecule has 0 bridgehead atoms. The van der Waals surface area contributed by atoms with Gasteiger partial charge in [-0.1, -0.05) is 36.8 Å². The van der Waals surface area contributed by atoms with Crippen LogP contribution >= 0.6 is 0 Å². The molecule has 0 heterocycles. The van der Waals surface area contributed by atoms with Crippen LogP contribution < -0.4 is 5.32 Å². The maximum absolute atomic E-state index is 12.5. The average Bonchev–Trinajstić information content (AvgIpc) is 2.47. The van der Waals surface area contributed by atoms with Gasteiger partial charge in [-0.25, -0.2) is 0 Å². The van der Waals surface area contributed by atoms with Gasteiger partial charge in [-0.05, 0) is 48.1 Å². The fraction of sp³-hybridized carbons (Fsp3) is 0.263. The number of nitrogens with one attached hydrogen (secondary N) is 1. The Morgan fingerprint density at radius 2 is 1.87 bits per heavy atom. The first-order valence-electron chi connectivity index (χ1n) is 7.84. The molecule has 1 fully saturated rings. The van der Waals surface area contributed by atoms with Crippen molar-refractivity contribution in [3.63, 3.8) is 0 Å². The molecule has 4 heteroatoms. The molecule has 4 nitrogen and oxygen atoms in total. The van der Waals surface area contributed by atoms with Crippen LogP contribution in [0.1, 0.15) is 46.7 Å². The Morgan fingerprint density at radius 1 is 1.09 bits per heavy atom. The van der Waals surface area contributed by atoms with Crippen molar-refractivity contribution >= 4 is 17.6 Å². The lowest BCUT2D eigenvalue weighted by atomic mass is 9.79. The van der Waals surface area contributed by atoms with Gasteiger partial charge in [0.05, 0.1) is 6.42 Å². The maximum atomic E-state index is 12.5. The number of hydrogen-bond acceptors (Lipinski definition) is 2. The fourth-order valence-corrected chi connectivity index (χ4v) is 2.83. The Morgan fingerprint density at radius 3 is 2.57 bits per heavy atom. The number of amides is 1. The number of carboxylic acid groups (broad SMARTS) is 1. The molecule has 0 unspecified atom stereocenters. The Kier molecular flexibility index (Phi) is 4.42. The molecular formula is C19H19NO3. The third-order valence-electron chi connectivity index (χ3n) is 4.33. The summed E-state index contributed by atoms with van der Waals surface area (Å²) >= 11 is 0. The summed E-state index contributed by atoms with van der Waals surface area (Å²) < 4.78 is 0. The van der Waals surface area contributed by atoms with E-state index >= 15 is 0 Å². The van der Waals surface area contributed by atoms with Gasteiger partial charge >= 0.3 is 5.97 Å². The van der Waals surface area contributed by atoms with Crippen LogP contribution in [0.4, 0.5) is 5.69 Å². The lowest BCUT2D eigenvalue weighted by molar-refractivity contribution is -0.136. The van der Waals surface area contributed by atoms with Crippen molar-refractivity contribution < 1.29 is 14.7 Å². The number of carbonyl (C=O) groups excluding carboxylic acids is 1. The first kappa shape index (κ1) is 15.3. The fourth-order valence-electron chi connectivity index (χ4n) is 2.83. The van der Waals surface area contributed by atoms with Crippen molar-refractivity contribution in [3.8, 4) is 0 Å². The lowest BCUT2D eigenvalue weighted by Crippen LogP contribution is -2.15. The molecule has 0 atom stereocenters. The van der Waals surface area contributed by atoms with Gasteiger partial charge in [-0.15, -0.1) is 0 Å². The van der Waals surface area contributed by atoms with Gasteiger partial charge in [0.15, 0.2) is 0 Å². The molecule has 0 aliphatic heterocycles. The van der Waals surface area contributed by atoms with Crippen molar-refractivity contribution in [2.45, 2.75) is 31.6 Å². The Labute approximate surface area is 135 Å². The standard InChI is InChI=1S/C19H19NO3/c21-18(22)12-15-5-1-2-10-17(15)20-19(23)16-9-4-8-14(11-16)13-6-3-7-13/h1-2,4-5,8-11,13H,3,6-7,12H2,(H,20,23)(H,21,22). The molecule has 0 aromatic heterocycles. The number of para-hydroxylation sites is 1. The van der Waals surface area contributed by atoms with Crippen LogP contribution in [-0.2, 0) is 11.2 Å². The van der Waals surface area contributed by atoms with Crippen LogP contribution in [0.2, 0.25) is 0 Å². The topological polar surface area (TPSA) is 66.4 Å². The summed E-state index contributed by atoms with van der Waals surface area (Å²) in [5.74, 6) is -0.551. The molecule has 23 heavy (non-hydrogen) atoms. The molecule has 0 spiro atoms. The summed E-state index contributed by atoms with van der Waals surface area (Å²) in [6.07, 6.45) is 3.52. The Bertz CT molecular complexity index is 735. The molecule has 2 N–H and O–H groups in total. The second-order valence-corrected chi connectivity index (χ2v) is 5.94. The first-order chi connectivity index (χ1) is 11.1. The van der Waals surface area contributed by atoms with E-state index in [0.29, 0.717) is 22.7 Å². The molecule has 3 rings (SSSR count). The van der Waals surface area contributed by atoms with Crippen LogP contribution in [-0.4, -0.2) is 17.0 Å². The minimum absolute atomic E-state index is 0.113. The van der Waals surface area contributed by atoms with E-state index in [1.807, 2.05) is 12.1 Å². The van der Waals surface area contributed by atoms with E-state index in [2.05, 4.69) is 11.4 Å². The number of hydrogen-bond donors (Lipinski definition) is 2. The summed E-state index contributed by atoms with van der Waals surface area (Å²) in [4.78, 5) is 23.4. The predicted molar refractivity (Wildman–Crippen MR) is 88.8 cm³/mol. The number of carbonyl (C=O) groups is 2.